The number of nitrogens with one attached hydrogen (secondary N) is 1. The van der Waals surface area contributed by atoms with Crippen LogP contribution in [0.4, 0.5) is 5.69 Å². The summed E-state index contributed by atoms with van der Waals surface area (Å²) in [5.41, 5.74) is 1.89. The monoisotopic (exact) mass is 571 g/mol. The van der Waals surface area contributed by atoms with Crippen molar-refractivity contribution in [2.75, 3.05) is 18.5 Å². The van der Waals surface area contributed by atoms with E-state index in [4.69, 9.17) is 18.9 Å². The first kappa shape index (κ1) is 30.3. The minimum absolute atomic E-state index is 0.0928. The van der Waals surface area contributed by atoms with Crippen LogP contribution < -0.4 is 5.32 Å². The third-order valence-electron chi connectivity index (χ3n) is 6.78. The van der Waals surface area contributed by atoms with Gasteiger partial charge in [-0.1, -0.05) is 30.3 Å². The Balaban J connectivity index is 1.43. The van der Waals surface area contributed by atoms with E-state index in [0.717, 1.165) is 5.56 Å². The first-order valence-electron chi connectivity index (χ1n) is 13.0. The molecular weight excluding hydrogens is 538 g/mol. The maximum Gasteiger partial charge on any atom is 0.303 e. The van der Waals surface area contributed by atoms with E-state index in [9.17, 15) is 34.8 Å². The topological polar surface area (TPSA) is 181 Å². The lowest BCUT2D eigenvalue weighted by Gasteiger charge is -2.40. The third kappa shape index (κ3) is 7.36. The van der Waals surface area contributed by atoms with Crippen LogP contribution in [0, 0.1) is 0 Å². The number of benzene rings is 2. The largest absolute Gasteiger partial charge is 0.463 e. The molecular formula is C29H33NO11. The second kappa shape index (κ2) is 13.3. The summed E-state index contributed by atoms with van der Waals surface area (Å²) in [7, 11) is 0. The Kier molecular flexibility index (Phi) is 9.86. The molecule has 1 saturated heterocycles. The van der Waals surface area contributed by atoms with Crippen molar-refractivity contribution < 1.29 is 53.8 Å². The Morgan fingerprint density at radius 1 is 0.854 bits per heavy atom. The normalized spacial score (nSPS) is 29.4. The van der Waals surface area contributed by atoms with E-state index in [1.165, 1.54) is 19.9 Å². The molecule has 0 aromatic heterocycles. The van der Waals surface area contributed by atoms with Crippen LogP contribution in [0.25, 0.3) is 0 Å². The van der Waals surface area contributed by atoms with Crippen LogP contribution in [0.1, 0.15) is 47.5 Å². The van der Waals surface area contributed by atoms with Gasteiger partial charge in [0.25, 0.3) is 5.91 Å². The van der Waals surface area contributed by atoms with Gasteiger partial charge < -0.3 is 44.7 Å². The van der Waals surface area contributed by atoms with Gasteiger partial charge in [0.15, 0.2) is 0 Å². The van der Waals surface area contributed by atoms with Crippen molar-refractivity contribution in [1.29, 1.82) is 0 Å². The van der Waals surface area contributed by atoms with E-state index in [-0.39, 0.29) is 12.2 Å². The zero-order valence-electron chi connectivity index (χ0n) is 22.5. The van der Waals surface area contributed by atoms with Crippen LogP contribution in [0.2, 0.25) is 0 Å². The molecule has 5 N–H and O–H groups in total. The molecule has 1 fully saturated rings. The summed E-state index contributed by atoms with van der Waals surface area (Å²) in [5, 5.41) is 42.8. The molecule has 8 atom stereocenters. The first-order valence-corrected chi connectivity index (χ1v) is 13.0. The molecule has 220 valence electrons. The van der Waals surface area contributed by atoms with Gasteiger partial charge >= 0.3 is 11.9 Å². The van der Waals surface area contributed by atoms with Crippen LogP contribution in [0.15, 0.2) is 60.7 Å². The number of amides is 1. The number of hydrogen-bond acceptors (Lipinski definition) is 11. The van der Waals surface area contributed by atoms with Crippen LogP contribution in [0.5, 0.6) is 0 Å². The van der Waals surface area contributed by atoms with Crippen molar-refractivity contribution >= 4 is 23.5 Å². The highest BCUT2D eigenvalue weighted by molar-refractivity contribution is 6.04. The minimum atomic E-state index is -1.53. The minimum Gasteiger partial charge on any atom is -0.463 e. The second-order valence-electron chi connectivity index (χ2n) is 9.81. The first-order chi connectivity index (χ1) is 19.6. The number of rotatable bonds is 8. The summed E-state index contributed by atoms with van der Waals surface area (Å²) in [6.45, 7) is 1.90. The van der Waals surface area contributed by atoms with Gasteiger partial charge in [-0.3, -0.25) is 14.4 Å². The molecule has 41 heavy (non-hydrogen) atoms. The zero-order valence-corrected chi connectivity index (χ0v) is 22.5. The summed E-state index contributed by atoms with van der Waals surface area (Å²) < 4.78 is 21.9. The molecule has 2 aromatic carbocycles. The Morgan fingerprint density at radius 3 is 2.24 bits per heavy atom. The van der Waals surface area contributed by atoms with Crippen LogP contribution in [-0.4, -0.2) is 88.1 Å². The summed E-state index contributed by atoms with van der Waals surface area (Å²) in [5.74, 6) is -1.42. The molecule has 12 nitrogen and oxygen atoms in total. The smallest absolute Gasteiger partial charge is 0.303 e. The standard InChI is InChI=1S/C29H33NO11/c1-15(32)38-14-24-22(39-16(2)33)11-10-21(40-24)17-6-8-20(9-7-17)30-29(37)19-5-3-4-18(12-19)28-27(36)26(35)25(34)23(13-31)41-28/h3-12,21-28,31,34-36H,13-14H2,1-2H3,(H,30,37)/t21-,22-,23+,24+,25+,26-,27+,28+/m0/s1. The Morgan fingerprint density at radius 2 is 1.59 bits per heavy atom. The Hall–Kier alpha value is -3.65. The van der Waals surface area contributed by atoms with Crippen molar-refractivity contribution in [3.05, 3.63) is 77.4 Å². The van der Waals surface area contributed by atoms with E-state index in [1.54, 1.807) is 54.6 Å². The van der Waals surface area contributed by atoms with Gasteiger partial charge in [0.1, 0.15) is 55.4 Å². The molecule has 4 rings (SSSR count). The molecule has 0 spiro atoms. The van der Waals surface area contributed by atoms with Crippen LogP contribution in [-0.2, 0) is 28.5 Å². The number of carbonyl (C=O) groups excluding carboxylic acids is 3. The second-order valence-corrected chi connectivity index (χ2v) is 9.81. The summed E-state index contributed by atoms with van der Waals surface area (Å²) in [6, 6.07) is 13.2. The van der Waals surface area contributed by atoms with Gasteiger partial charge in [0.05, 0.1) is 6.61 Å². The highest BCUT2D eigenvalue weighted by Crippen LogP contribution is 2.33. The molecule has 2 heterocycles. The number of aliphatic hydroxyl groups is 4. The highest BCUT2D eigenvalue weighted by atomic mass is 16.6. The lowest BCUT2D eigenvalue weighted by molar-refractivity contribution is -0.231. The van der Waals surface area contributed by atoms with Gasteiger partial charge in [0.2, 0.25) is 0 Å². The number of hydrogen-bond donors (Lipinski definition) is 5. The number of aliphatic hydroxyl groups excluding tert-OH is 4. The average Bonchev–Trinajstić information content (AvgIpc) is 2.95. The fourth-order valence-electron chi connectivity index (χ4n) is 4.67. The van der Waals surface area contributed by atoms with Gasteiger partial charge in [-0.25, -0.2) is 0 Å². The third-order valence-corrected chi connectivity index (χ3v) is 6.78. The van der Waals surface area contributed by atoms with Crippen molar-refractivity contribution in [3.8, 4) is 0 Å². The van der Waals surface area contributed by atoms with Gasteiger partial charge in [-0.2, -0.15) is 0 Å². The summed E-state index contributed by atoms with van der Waals surface area (Å²) >= 11 is 0. The molecule has 12 heteroatoms. The quantitative estimate of drug-likeness (QED) is 0.225. The maximum absolute atomic E-state index is 13.0. The Labute approximate surface area is 236 Å². The molecule has 0 radical (unpaired) electrons. The molecule has 2 aliphatic rings. The molecule has 2 aliphatic heterocycles. The number of anilines is 1. The van der Waals surface area contributed by atoms with Gasteiger partial charge in [-0.05, 0) is 41.5 Å². The number of esters is 2. The van der Waals surface area contributed by atoms with Crippen molar-refractivity contribution in [3.63, 3.8) is 0 Å². The maximum atomic E-state index is 13.0. The SMILES string of the molecule is CC(=O)OC[C@H]1O[C@H](c2ccc(NC(=O)c3cccc([C@H]4O[C@H](CO)[C@@H](O)[C@H](O)[C@H]4O)c3)cc2)C=C[C@@H]1OC(C)=O. The fourth-order valence-corrected chi connectivity index (χ4v) is 4.67. The molecule has 0 bridgehead atoms. The number of ether oxygens (including phenoxy) is 4. The summed E-state index contributed by atoms with van der Waals surface area (Å²) in [6.07, 6.45) is -5.12. The predicted molar refractivity (Wildman–Crippen MR) is 142 cm³/mol. The molecule has 0 unspecified atom stereocenters. The van der Waals surface area contributed by atoms with E-state index in [0.29, 0.717) is 11.3 Å². The van der Waals surface area contributed by atoms with Crippen molar-refractivity contribution in [1.82, 2.24) is 0 Å². The molecule has 1 amide bonds. The molecule has 0 saturated carbocycles. The van der Waals surface area contributed by atoms with Gasteiger partial charge in [-0.15, -0.1) is 0 Å². The Bertz CT molecular complexity index is 1260. The fraction of sp³-hybridized carbons (Fsp3) is 0.414. The highest BCUT2D eigenvalue weighted by Gasteiger charge is 2.44. The van der Waals surface area contributed by atoms with E-state index in [1.807, 2.05) is 0 Å². The lowest BCUT2D eigenvalue weighted by atomic mass is 9.90. The number of carbonyl (C=O) groups is 3. The van der Waals surface area contributed by atoms with Gasteiger partial charge in [0, 0.05) is 25.1 Å². The van der Waals surface area contributed by atoms with Crippen LogP contribution >= 0.6 is 0 Å². The van der Waals surface area contributed by atoms with Crippen LogP contribution in [0.3, 0.4) is 0 Å². The van der Waals surface area contributed by atoms with E-state index in [2.05, 4.69) is 5.32 Å². The van der Waals surface area contributed by atoms with Crippen molar-refractivity contribution in [2.24, 2.45) is 0 Å². The molecule has 2 aromatic rings. The summed E-state index contributed by atoms with van der Waals surface area (Å²) in [4.78, 5) is 35.7. The predicted octanol–water partition coefficient (Wildman–Crippen LogP) is 0.945. The van der Waals surface area contributed by atoms with Crippen molar-refractivity contribution in [2.45, 2.75) is 62.7 Å². The zero-order chi connectivity index (χ0) is 29.7. The van der Waals surface area contributed by atoms with E-state index >= 15 is 0 Å². The molecule has 0 aliphatic carbocycles. The lowest BCUT2D eigenvalue weighted by Crippen LogP contribution is -2.55. The average molecular weight is 572 g/mol. The van der Waals surface area contributed by atoms with E-state index < -0.39 is 73.3 Å².